The highest BCUT2D eigenvalue weighted by molar-refractivity contribution is 7.97. The van der Waals surface area contributed by atoms with E-state index in [1.165, 1.54) is 7.05 Å². The molecule has 0 unspecified atom stereocenters. The minimum atomic E-state index is -4.07. The minimum absolute atomic E-state index is 0.284. The van der Waals surface area contributed by atoms with E-state index < -0.39 is 15.9 Å². The largest absolute Gasteiger partial charge is 0.494 e. The van der Waals surface area contributed by atoms with E-state index in [-0.39, 0.29) is 4.91 Å². The average Bonchev–Trinajstić information content (AvgIpc) is 2.78. The van der Waals surface area contributed by atoms with Crippen LogP contribution in [-0.4, -0.2) is 28.0 Å². The van der Waals surface area contributed by atoms with E-state index >= 15 is 0 Å². The summed E-state index contributed by atoms with van der Waals surface area (Å²) in [5.41, 5.74) is 2.73. The number of para-hydroxylation sites is 1. The fraction of sp³-hybridized carbons (Fsp3) is 0.125. The van der Waals surface area contributed by atoms with Crippen molar-refractivity contribution < 1.29 is 17.9 Å². The van der Waals surface area contributed by atoms with Crippen LogP contribution in [0.3, 0.4) is 0 Å². The minimum Gasteiger partial charge on any atom is -0.494 e. The van der Waals surface area contributed by atoms with Gasteiger partial charge >= 0.3 is 0 Å². The van der Waals surface area contributed by atoms with Gasteiger partial charge in [0.25, 0.3) is 15.9 Å². The van der Waals surface area contributed by atoms with Crippen LogP contribution in [0.4, 0.5) is 11.4 Å². The summed E-state index contributed by atoms with van der Waals surface area (Å²) in [6, 6.07) is 23.1. The van der Waals surface area contributed by atoms with Gasteiger partial charge < -0.3 is 10.1 Å². The summed E-state index contributed by atoms with van der Waals surface area (Å²) < 4.78 is 33.4. The number of carbonyl (C=O) groups is 1. The van der Waals surface area contributed by atoms with Crippen LogP contribution >= 0.6 is 0 Å². The summed E-state index contributed by atoms with van der Waals surface area (Å²) in [5, 5.41) is 2.73. The number of benzene rings is 3. The van der Waals surface area contributed by atoms with Crippen molar-refractivity contribution in [2.45, 2.75) is 6.92 Å². The van der Waals surface area contributed by atoms with Crippen LogP contribution in [0.2, 0.25) is 0 Å². The van der Waals surface area contributed by atoms with Gasteiger partial charge in [0.2, 0.25) is 0 Å². The Labute approximate surface area is 181 Å². The quantitative estimate of drug-likeness (QED) is 0.651. The Balaban J connectivity index is 1.86. The zero-order valence-electron chi connectivity index (χ0n) is 17.2. The lowest BCUT2D eigenvalue weighted by Crippen LogP contribution is -2.37. The Hall–Kier alpha value is -3.58. The van der Waals surface area contributed by atoms with E-state index in [4.69, 9.17) is 4.74 Å². The third-order valence-electron chi connectivity index (χ3n) is 5.05. The van der Waals surface area contributed by atoms with Crippen molar-refractivity contribution in [3.05, 3.63) is 94.9 Å². The molecular formula is C24H22N2O4S. The van der Waals surface area contributed by atoms with Gasteiger partial charge in [-0.3, -0.25) is 9.10 Å². The van der Waals surface area contributed by atoms with Crippen LogP contribution in [0.5, 0.6) is 5.75 Å². The zero-order chi connectivity index (χ0) is 22.0. The first kappa shape index (κ1) is 20.7. The monoisotopic (exact) mass is 434 g/mol. The molecule has 0 spiro atoms. The molecule has 6 nitrogen and oxygen atoms in total. The van der Waals surface area contributed by atoms with Crippen LogP contribution in [0.15, 0.2) is 83.8 Å². The van der Waals surface area contributed by atoms with Crippen molar-refractivity contribution in [3.63, 3.8) is 0 Å². The van der Waals surface area contributed by atoms with Gasteiger partial charge in [-0.05, 0) is 42.8 Å². The second kappa shape index (κ2) is 8.28. The van der Waals surface area contributed by atoms with E-state index in [1.54, 1.807) is 48.5 Å². The summed E-state index contributed by atoms with van der Waals surface area (Å²) in [4.78, 5) is 13.0. The fourth-order valence-corrected chi connectivity index (χ4v) is 5.05. The lowest BCUT2D eigenvalue weighted by atomic mass is 9.95. The lowest BCUT2D eigenvalue weighted by molar-refractivity contribution is -0.112. The smallest absolute Gasteiger partial charge is 0.270 e. The summed E-state index contributed by atoms with van der Waals surface area (Å²) in [5.74, 6) is -0.0204. The number of amides is 1. The number of ether oxygens (including phenoxy) is 1. The average molecular weight is 435 g/mol. The van der Waals surface area contributed by atoms with Gasteiger partial charge in [0.05, 0.1) is 12.3 Å². The Kier molecular flexibility index (Phi) is 5.52. The topological polar surface area (TPSA) is 75.7 Å². The summed E-state index contributed by atoms with van der Waals surface area (Å²) in [6.07, 6.45) is 0. The van der Waals surface area contributed by atoms with Crippen LogP contribution in [0.1, 0.15) is 18.1 Å². The lowest BCUT2D eigenvalue weighted by Gasteiger charge is -2.30. The van der Waals surface area contributed by atoms with Crippen molar-refractivity contribution in [2.75, 3.05) is 23.3 Å². The Bertz CT molecular complexity index is 1250. The summed E-state index contributed by atoms with van der Waals surface area (Å²) in [6.45, 7) is 2.42. The molecule has 1 heterocycles. The molecule has 7 heteroatoms. The van der Waals surface area contributed by atoms with Crippen LogP contribution < -0.4 is 14.4 Å². The third kappa shape index (κ3) is 3.80. The van der Waals surface area contributed by atoms with Gasteiger partial charge in [0.15, 0.2) is 4.91 Å². The van der Waals surface area contributed by atoms with Crippen molar-refractivity contribution in [1.29, 1.82) is 0 Å². The second-order valence-corrected chi connectivity index (χ2v) is 8.88. The van der Waals surface area contributed by atoms with E-state index in [9.17, 15) is 13.2 Å². The molecule has 158 valence electrons. The number of fused-ring (bicyclic) bond motifs is 1. The number of nitrogens with zero attached hydrogens (tertiary/aromatic N) is 1. The van der Waals surface area contributed by atoms with Crippen LogP contribution in [0, 0.1) is 0 Å². The SMILES string of the molecule is CCOc1ccc(NC(=O)C2=C(c3ccccc3)c3ccccc3N(C)S2(=O)=O)cc1. The molecule has 0 radical (unpaired) electrons. The molecule has 1 aliphatic rings. The number of hydrogen-bond donors (Lipinski definition) is 1. The summed E-state index contributed by atoms with van der Waals surface area (Å²) in [7, 11) is -2.61. The van der Waals surface area contributed by atoms with Gasteiger partial charge in [-0.2, -0.15) is 0 Å². The number of anilines is 2. The molecule has 1 amide bonds. The predicted octanol–water partition coefficient (Wildman–Crippen LogP) is 4.26. The van der Waals surface area contributed by atoms with Crippen molar-refractivity contribution in [1.82, 2.24) is 0 Å². The molecule has 31 heavy (non-hydrogen) atoms. The van der Waals surface area contributed by atoms with Gasteiger partial charge in [-0.1, -0.05) is 48.5 Å². The molecule has 0 aromatic heterocycles. The molecule has 0 fully saturated rings. The number of rotatable bonds is 5. The van der Waals surface area contributed by atoms with Gasteiger partial charge in [-0.25, -0.2) is 8.42 Å². The highest BCUT2D eigenvalue weighted by Crippen LogP contribution is 2.42. The van der Waals surface area contributed by atoms with Crippen molar-refractivity contribution in [3.8, 4) is 5.75 Å². The molecule has 4 rings (SSSR count). The van der Waals surface area contributed by atoms with Gasteiger partial charge in [0, 0.05) is 23.9 Å². The molecular weight excluding hydrogens is 412 g/mol. The van der Waals surface area contributed by atoms with E-state index in [0.29, 0.717) is 40.4 Å². The molecule has 0 saturated heterocycles. The molecule has 0 saturated carbocycles. The maximum absolute atomic E-state index is 13.4. The first-order chi connectivity index (χ1) is 14.9. The standard InChI is InChI=1S/C24H22N2O4S/c1-3-30-19-15-13-18(14-16-19)25-24(27)23-22(17-9-5-4-6-10-17)20-11-7-8-12-21(20)26(2)31(23,28)29/h4-16H,3H2,1-2H3,(H,25,27). The van der Waals surface area contributed by atoms with E-state index in [1.807, 2.05) is 37.3 Å². The third-order valence-corrected chi connectivity index (χ3v) is 6.87. The molecule has 1 aliphatic heterocycles. The first-order valence-corrected chi connectivity index (χ1v) is 11.3. The molecule has 0 bridgehead atoms. The number of hydrogen-bond acceptors (Lipinski definition) is 4. The zero-order valence-corrected chi connectivity index (χ0v) is 18.0. The van der Waals surface area contributed by atoms with Gasteiger partial charge in [-0.15, -0.1) is 0 Å². The molecule has 1 N–H and O–H groups in total. The number of sulfonamides is 1. The van der Waals surface area contributed by atoms with Crippen molar-refractivity contribution >= 4 is 32.9 Å². The predicted molar refractivity (Wildman–Crippen MR) is 122 cm³/mol. The Morgan fingerprint density at radius 2 is 1.58 bits per heavy atom. The van der Waals surface area contributed by atoms with Crippen LogP contribution in [-0.2, 0) is 14.8 Å². The molecule has 0 atom stereocenters. The van der Waals surface area contributed by atoms with E-state index in [0.717, 1.165) is 4.31 Å². The molecule has 0 aliphatic carbocycles. The maximum Gasteiger partial charge on any atom is 0.270 e. The van der Waals surface area contributed by atoms with E-state index in [2.05, 4.69) is 5.32 Å². The fourth-order valence-electron chi connectivity index (χ4n) is 3.59. The van der Waals surface area contributed by atoms with Crippen LogP contribution in [0.25, 0.3) is 5.57 Å². The van der Waals surface area contributed by atoms with Gasteiger partial charge in [0.1, 0.15) is 5.75 Å². The second-order valence-electron chi connectivity index (χ2n) is 6.97. The first-order valence-electron chi connectivity index (χ1n) is 9.85. The number of nitrogens with one attached hydrogen (secondary N) is 1. The molecule has 3 aromatic carbocycles. The maximum atomic E-state index is 13.4. The normalized spacial score (nSPS) is 14.7. The van der Waals surface area contributed by atoms with Crippen molar-refractivity contribution in [2.24, 2.45) is 0 Å². The Morgan fingerprint density at radius 3 is 2.26 bits per heavy atom. The molecule has 3 aromatic rings. The summed E-state index contributed by atoms with van der Waals surface area (Å²) >= 11 is 0. The highest BCUT2D eigenvalue weighted by atomic mass is 32.2. The number of carbonyl (C=O) groups excluding carboxylic acids is 1. The Morgan fingerprint density at radius 1 is 0.935 bits per heavy atom. The highest BCUT2D eigenvalue weighted by Gasteiger charge is 2.39.